The number of nitrogens with one attached hydrogen (secondary N) is 1. The fraction of sp³-hybridized carbons (Fsp3) is 0.440. The number of halogens is 4. The van der Waals surface area contributed by atoms with Crippen LogP contribution >= 0.6 is 11.6 Å². The number of rotatable bonds is 5. The molecular formula is C25H27ClF3N3O2. The van der Waals surface area contributed by atoms with Gasteiger partial charge in [0.2, 0.25) is 5.91 Å². The third-order valence-electron chi connectivity index (χ3n) is 6.66. The van der Waals surface area contributed by atoms with E-state index in [0.29, 0.717) is 23.8 Å². The minimum Gasteiger partial charge on any atom is -0.336 e. The van der Waals surface area contributed by atoms with Crippen molar-refractivity contribution < 1.29 is 22.8 Å². The van der Waals surface area contributed by atoms with E-state index in [-0.39, 0.29) is 36.5 Å². The number of alkyl halides is 3. The Morgan fingerprint density at radius 3 is 2.29 bits per heavy atom. The highest BCUT2D eigenvalue weighted by Gasteiger charge is 2.39. The molecule has 182 valence electrons. The molecule has 34 heavy (non-hydrogen) atoms. The number of amides is 2. The van der Waals surface area contributed by atoms with Gasteiger partial charge in [0.15, 0.2) is 0 Å². The van der Waals surface area contributed by atoms with Crippen molar-refractivity contribution >= 4 is 29.1 Å². The van der Waals surface area contributed by atoms with E-state index in [1.54, 1.807) is 24.3 Å². The number of carbonyl (C=O) groups is 2. The molecule has 2 fully saturated rings. The number of benzene rings is 2. The second kappa shape index (κ2) is 10.4. The molecule has 2 amide bonds. The molecule has 2 aromatic rings. The molecule has 1 atom stereocenters. The maximum atomic E-state index is 13.4. The zero-order chi connectivity index (χ0) is 24.3. The third kappa shape index (κ3) is 5.55. The van der Waals surface area contributed by atoms with Crippen molar-refractivity contribution in [3.63, 3.8) is 0 Å². The lowest BCUT2D eigenvalue weighted by molar-refractivity contribution is -0.138. The van der Waals surface area contributed by atoms with Crippen LogP contribution in [0.25, 0.3) is 0 Å². The molecule has 1 heterocycles. The summed E-state index contributed by atoms with van der Waals surface area (Å²) in [6.07, 6.45) is -0.561. The van der Waals surface area contributed by atoms with E-state index in [1.807, 2.05) is 0 Å². The predicted octanol–water partition coefficient (Wildman–Crippen LogP) is 5.31. The first-order valence-electron chi connectivity index (χ1n) is 11.5. The summed E-state index contributed by atoms with van der Waals surface area (Å²) < 4.78 is 40.1. The maximum Gasteiger partial charge on any atom is 0.417 e. The van der Waals surface area contributed by atoms with Gasteiger partial charge >= 0.3 is 6.18 Å². The quantitative estimate of drug-likeness (QED) is 0.614. The molecule has 5 nitrogen and oxygen atoms in total. The Morgan fingerprint density at radius 1 is 0.971 bits per heavy atom. The maximum absolute atomic E-state index is 13.4. The molecule has 0 unspecified atom stereocenters. The Kier molecular flexibility index (Phi) is 7.48. The van der Waals surface area contributed by atoms with Gasteiger partial charge in [-0.05, 0) is 49.1 Å². The molecule has 0 spiro atoms. The van der Waals surface area contributed by atoms with Crippen molar-refractivity contribution in [2.24, 2.45) is 5.92 Å². The molecule has 0 radical (unpaired) electrons. The summed E-state index contributed by atoms with van der Waals surface area (Å²) in [6.45, 7) is 1.37. The molecule has 1 saturated carbocycles. The first-order chi connectivity index (χ1) is 16.2. The van der Waals surface area contributed by atoms with Gasteiger partial charge in [-0.15, -0.1) is 0 Å². The fourth-order valence-electron chi connectivity index (χ4n) is 5.02. The molecule has 0 bridgehead atoms. The van der Waals surface area contributed by atoms with Crippen LogP contribution in [0.4, 0.5) is 18.9 Å². The van der Waals surface area contributed by atoms with Crippen LogP contribution in [-0.2, 0) is 11.0 Å². The predicted molar refractivity (Wildman–Crippen MR) is 125 cm³/mol. The van der Waals surface area contributed by atoms with Crippen molar-refractivity contribution in [2.75, 3.05) is 31.5 Å². The molecule has 1 aliphatic carbocycles. The molecule has 1 N–H and O–H groups in total. The summed E-state index contributed by atoms with van der Waals surface area (Å²) in [4.78, 5) is 29.7. The fourth-order valence-corrected chi connectivity index (χ4v) is 5.21. The van der Waals surface area contributed by atoms with Crippen LogP contribution in [0.2, 0.25) is 5.02 Å². The zero-order valence-electron chi connectivity index (χ0n) is 18.7. The van der Waals surface area contributed by atoms with Crippen molar-refractivity contribution in [1.82, 2.24) is 9.80 Å². The van der Waals surface area contributed by atoms with Crippen LogP contribution in [0.1, 0.15) is 41.6 Å². The summed E-state index contributed by atoms with van der Waals surface area (Å²) >= 11 is 6.05. The second-order valence-electron chi connectivity index (χ2n) is 8.86. The summed E-state index contributed by atoms with van der Waals surface area (Å²) in [5.74, 6) is -0.544. The van der Waals surface area contributed by atoms with Crippen molar-refractivity contribution in [1.29, 1.82) is 0 Å². The first-order valence-corrected chi connectivity index (χ1v) is 11.9. The van der Waals surface area contributed by atoms with E-state index >= 15 is 0 Å². The average molecular weight is 494 g/mol. The Hall–Kier alpha value is -2.58. The highest BCUT2D eigenvalue weighted by molar-refractivity contribution is 6.30. The van der Waals surface area contributed by atoms with Gasteiger partial charge in [0.1, 0.15) is 0 Å². The zero-order valence-corrected chi connectivity index (χ0v) is 19.4. The molecule has 2 aliphatic rings. The van der Waals surface area contributed by atoms with Crippen LogP contribution in [0.15, 0.2) is 48.5 Å². The molecule has 1 saturated heterocycles. The molecule has 1 aliphatic heterocycles. The number of anilines is 1. The number of nitrogens with zero attached hydrogens (tertiary/aromatic N) is 2. The van der Waals surface area contributed by atoms with Gasteiger partial charge in [-0.25, -0.2) is 0 Å². The van der Waals surface area contributed by atoms with E-state index in [9.17, 15) is 22.8 Å². The van der Waals surface area contributed by atoms with Gasteiger partial charge in [0.05, 0.1) is 17.2 Å². The van der Waals surface area contributed by atoms with Crippen molar-refractivity contribution in [3.8, 4) is 0 Å². The standard InChI is InChI=1S/C25H27ClF3N3O2/c26-18-8-5-9-19(16-18)30-23(33)22(17-6-1-2-7-17)31-12-14-32(15-13-31)24(34)20-10-3-4-11-21(20)25(27,28)29/h3-5,8-11,16-17,22H,1-2,6-7,12-15H2,(H,30,33)/t22-/m1/s1. The largest absolute Gasteiger partial charge is 0.417 e. The van der Waals surface area contributed by atoms with Gasteiger partial charge < -0.3 is 10.2 Å². The van der Waals surface area contributed by atoms with Gasteiger partial charge in [-0.1, -0.05) is 42.6 Å². The van der Waals surface area contributed by atoms with E-state index < -0.39 is 17.6 Å². The van der Waals surface area contributed by atoms with Gasteiger partial charge in [-0.2, -0.15) is 13.2 Å². The highest BCUT2D eigenvalue weighted by Crippen LogP contribution is 2.34. The smallest absolute Gasteiger partial charge is 0.336 e. The number of carbonyl (C=O) groups excluding carboxylic acids is 2. The average Bonchev–Trinajstić information content (AvgIpc) is 3.33. The minimum atomic E-state index is -4.60. The van der Waals surface area contributed by atoms with E-state index in [1.165, 1.54) is 23.1 Å². The van der Waals surface area contributed by atoms with Crippen LogP contribution in [0.3, 0.4) is 0 Å². The van der Waals surface area contributed by atoms with E-state index in [0.717, 1.165) is 31.7 Å². The lowest BCUT2D eigenvalue weighted by atomic mass is 9.94. The SMILES string of the molecule is O=C(Nc1cccc(Cl)c1)[C@@H](C1CCCC1)N1CCN(C(=O)c2ccccc2C(F)(F)F)CC1. The Balaban J connectivity index is 1.46. The topological polar surface area (TPSA) is 52.7 Å². The van der Waals surface area contributed by atoms with E-state index in [4.69, 9.17) is 11.6 Å². The molecule has 0 aromatic heterocycles. The minimum absolute atomic E-state index is 0.114. The van der Waals surface area contributed by atoms with E-state index in [2.05, 4.69) is 10.2 Å². The van der Waals surface area contributed by atoms with Gasteiger partial charge in [0.25, 0.3) is 5.91 Å². The van der Waals surface area contributed by atoms with Crippen LogP contribution < -0.4 is 5.32 Å². The monoisotopic (exact) mass is 493 g/mol. The lowest BCUT2D eigenvalue weighted by Crippen LogP contribution is -2.57. The normalized spacial score (nSPS) is 18.6. The Bertz CT molecular complexity index is 1030. The van der Waals surface area contributed by atoms with Crippen molar-refractivity contribution in [2.45, 2.75) is 37.9 Å². The van der Waals surface area contributed by atoms with Crippen LogP contribution in [0.5, 0.6) is 0 Å². The summed E-state index contributed by atoms with van der Waals surface area (Å²) in [5, 5.41) is 3.50. The second-order valence-corrected chi connectivity index (χ2v) is 9.30. The molecule has 4 rings (SSSR count). The third-order valence-corrected chi connectivity index (χ3v) is 6.90. The van der Waals surface area contributed by atoms with Gasteiger partial charge in [0, 0.05) is 36.9 Å². The Morgan fingerprint density at radius 2 is 1.65 bits per heavy atom. The number of hydrogen-bond acceptors (Lipinski definition) is 3. The first kappa shape index (κ1) is 24.5. The Labute approximate surface area is 201 Å². The molecular weight excluding hydrogens is 467 g/mol. The van der Waals surface area contributed by atoms with Crippen molar-refractivity contribution in [3.05, 3.63) is 64.7 Å². The molecule has 9 heteroatoms. The summed E-state index contributed by atoms with van der Waals surface area (Å²) in [7, 11) is 0. The lowest BCUT2D eigenvalue weighted by Gasteiger charge is -2.41. The van der Waals surface area contributed by atoms with Crippen LogP contribution in [-0.4, -0.2) is 53.8 Å². The van der Waals surface area contributed by atoms with Crippen LogP contribution in [0, 0.1) is 5.92 Å². The number of piperazine rings is 1. The summed E-state index contributed by atoms with van der Waals surface area (Å²) in [6, 6.07) is 11.5. The number of hydrogen-bond donors (Lipinski definition) is 1. The summed E-state index contributed by atoms with van der Waals surface area (Å²) in [5.41, 5.74) is -0.639. The van der Waals surface area contributed by atoms with Gasteiger partial charge in [-0.3, -0.25) is 14.5 Å². The molecule has 2 aromatic carbocycles. The highest BCUT2D eigenvalue weighted by atomic mass is 35.5.